The van der Waals surface area contributed by atoms with Crippen LogP contribution in [0.2, 0.25) is 0 Å². The highest BCUT2D eigenvalue weighted by Gasteiger charge is 2.19. The van der Waals surface area contributed by atoms with Gasteiger partial charge in [0.25, 0.3) is 0 Å². The number of carbonyl (C=O) groups excluding carboxylic acids is 3. The fourth-order valence-electron chi connectivity index (χ4n) is 5.96. The molecular weight excluding hydrogens is 757 g/mol. The average Bonchev–Trinajstić information content (AvgIpc) is 3.26. The molecule has 0 fully saturated rings. The number of rotatable bonds is 41. The zero-order valence-electron chi connectivity index (χ0n) is 38.9. The molecule has 0 aliphatic heterocycles. The van der Waals surface area contributed by atoms with Crippen molar-refractivity contribution in [2.75, 3.05) is 13.2 Å². The molecule has 0 aromatic rings. The summed E-state index contributed by atoms with van der Waals surface area (Å²) in [4.78, 5) is 37.8. The quantitative estimate of drug-likeness (QED) is 0.0201. The highest BCUT2D eigenvalue weighted by atomic mass is 16.6. The minimum absolute atomic E-state index is 0.119. The van der Waals surface area contributed by atoms with E-state index in [1.54, 1.807) is 0 Å². The van der Waals surface area contributed by atoms with Gasteiger partial charge >= 0.3 is 17.9 Å². The van der Waals surface area contributed by atoms with E-state index < -0.39 is 6.10 Å². The van der Waals surface area contributed by atoms with Gasteiger partial charge in [-0.3, -0.25) is 14.4 Å². The number of esters is 3. The highest BCUT2D eigenvalue weighted by molar-refractivity contribution is 5.71. The van der Waals surface area contributed by atoms with Crippen molar-refractivity contribution in [1.82, 2.24) is 0 Å². The third-order valence-electron chi connectivity index (χ3n) is 9.54. The SMILES string of the molecule is CC\C=C/C=C\C=C/C=C\CCCCCCCC(=O)OC(COC(=O)CC/C=C\C/C=C\C/C=C\C/C=C\C/C=C\CC)COC(=O)CCCCCCC/C=C\CCCCC. The van der Waals surface area contributed by atoms with Crippen LogP contribution in [0.4, 0.5) is 0 Å². The Morgan fingerprint density at radius 3 is 1.30 bits per heavy atom. The second-order valence-electron chi connectivity index (χ2n) is 15.3. The minimum atomic E-state index is -0.826. The number of carbonyl (C=O) groups is 3. The molecule has 0 amide bonds. The summed E-state index contributed by atoms with van der Waals surface area (Å²) >= 11 is 0. The molecule has 0 bridgehead atoms. The lowest BCUT2D eigenvalue weighted by Crippen LogP contribution is -2.30. The Hall–Kier alpha value is -4.19. The Morgan fingerprint density at radius 2 is 0.754 bits per heavy atom. The maximum atomic E-state index is 12.8. The fourth-order valence-corrected chi connectivity index (χ4v) is 5.96. The Balaban J connectivity index is 4.58. The summed E-state index contributed by atoms with van der Waals surface area (Å²) in [7, 11) is 0. The van der Waals surface area contributed by atoms with Gasteiger partial charge in [-0.05, 0) is 96.3 Å². The van der Waals surface area contributed by atoms with Crippen LogP contribution >= 0.6 is 0 Å². The van der Waals surface area contributed by atoms with Crippen molar-refractivity contribution < 1.29 is 28.6 Å². The van der Waals surface area contributed by atoms with Crippen LogP contribution in [-0.4, -0.2) is 37.2 Å². The summed E-state index contributed by atoms with van der Waals surface area (Å²) in [6, 6.07) is 0. The number of hydrogen-bond donors (Lipinski definition) is 0. The van der Waals surface area contributed by atoms with Crippen LogP contribution in [0.15, 0.2) is 122 Å². The van der Waals surface area contributed by atoms with Gasteiger partial charge in [0.05, 0.1) is 0 Å². The largest absolute Gasteiger partial charge is 0.462 e. The van der Waals surface area contributed by atoms with Gasteiger partial charge in [-0.15, -0.1) is 0 Å². The molecule has 0 N–H and O–H groups in total. The number of hydrogen-bond acceptors (Lipinski definition) is 6. The first-order chi connectivity index (χ1) is 30.0. The number of ether oxygens (including phenoxy) is 3. The van der Waals surface area contributed by atoms with Gasteiger partial charge < -0.3 is 14.2 Å². The van der Waals surface area contributed by atoms with Gasteiger partial charge in [0, 0.05) is 19.3 Å². The second-order valence-corrected chi connectivity index (χ2v) is 15.3. The van der Waals surface area contributed by atoms with Crippen molar-refractivity contribution >= 4 is 17.9 Å². The maximum Gasteiger partial charge on any atom is 0.306 e. The number of allylic oxidation sites excluding steroid dienone is 20. The normalized spacial score (nSPS) is 13.2. The first-order valence-electron chi connectivity index (χ1n) is 24.1. The van der Waals surface area contributed by atoms with Gasteiger partial charge in [0.1, 0.15) is 13.2 Å². The van der Waals surface area contributed by atoms with Crippen LogP contribution in [0.5, 0.6) is 0 Å². The Kier molecular flexibility index (Phi) is 45.1. The van der Waals surface area contributed by atoms with Gasteiger partial charge in [-0.2, -0.15) is 0 Å². The predicted molar refractivity (Wildman–Crippen MR) is 260 cm³/mol. The molecule has 0 saturated carbocycles. The number of unbranched alkanes of at least 4 members (excludes halogenated alkanes) is 13. The van der Waals surface area contributed by atoms with Gasteiger partial charge in [-0.25, -0.2) is 0 Å². The van der Waals surface area contributed by atoms with Crippen LogP contribution in [0.1, 0.15) is 188 Å². The van der Waals surface area contributed by atoms with Crippen molar-refractivity contribution in [2.24, 2.45) is 0 Å². The Morgan fingerprint density at radius 1 is 0.361 bits per heavy atom. The Labute approximate surface area is 373 Å². The molecule has 61 heavy (non-hydrogen) atoms. The highest BCUT2D eigenvalue weighted by Crippen LogP contribution is 2.12. The predicted octanol–water partition coefficient (Wildman–Crippen LogP) is 15.7. The molecule has 1 unspecified atom stereocenters. The van der Waals surface area contributed by atoms with E-state index in [4.69, 9.17) is 14.2 Å². The Bertz CT molecular complexity index is 1340. The summed E-state index contributed by atoms with van der Waals surface area (Å²) in [6.07, 6.45) is 66.2. The molecule has 0 aliphatic rings. The zero-order valence-corrected chi connectivity index (χ0v) is 38.9. The van der Waals surface area contributed by atoms with E-state index in [0.29, 0.717) is 12.8 Å². The first kappa shape index (κ1) is 56.8. The van der Waals surface area contributed by atoms with Crippen molar-refractivity contribution in [3.05, 3.63) is 122 Å². The summed E-state index contributed by atoms with van der Waals surface area (Å²) in [6.45, 7) is 6.24. The van der Waals surface area contributed by atoms with Crippen molar-refractivity contribution in [3.8, 4) is 0 Å². The molecule has 0 radical (unpaired) electrons. The molecule has 0 rings (SSSR count). The van der Waals surface area contributed by atoms with Crippen molar-refractivity contribution in [2.45, 2.75) is 194 Å². The first-order valence-corrected chi connectivity index (χ1v) is 24.1. The molecule has 1 atom stereocenters. The lowest BCUT2D eigenvalue weighted by Gasteiger charge is -2.18. The van der Waals surface area contributed by atoms with Gasteiger partial charge in [0.15, 0.2) is 6.10 Å². The van der Waals surface area contributed by atoms with Crippen molar-refractivity contribution in [1.29, 1.82) is 0 Å². The molecule has 342 valence electrons. The molecule has 0 heterocycles. The average molecular weight is 843 g/mol. The van der Waals surface area contributed by atoms with E-state index in [0.717, 1.165) is 109 Å². The minimum Gasteiger partial charge on any atom is -0.462 e. The summed E-state index contributed by atoms with van der Waals surface area (Å²) < 4.78 is 16.6. The molecule has 0 aromatic carbocycles. The molecule has 0 saturated heterocycles. The lowest BCUT2D eigenvalue weighted by atomic mass is 10.1. The summed E-state index contributed by atoms with van der Waals surface area (Å²) in [5.41, 5.74) is 0. The monoisotopic (exact) mass is 843 g/mol. The molecular formula is C55H86O6. The van der Waals surface area contributed by atoms with Crippen LogP contribution in [0.25, 0.3) is 0 Å². The molecule has 0 spiro atoms. The van der Waals surface area contributed by atoms with E-state index in [1.807, 2.05) is 36.5 Å². The molecule has 0 aliphatic carbocycles. The third-order valence-corrected chi connectivity index (χ3v) is 9.54. The van der Waals surface area contributed by atoms with Gasteiger partial charge in [0.2, 0.25) is 0 Å². The zero-order chi connectivity index (χ0) is 44.4. The maximum absolute atomic E-state index is 12.8. The molecule has 6 heteroatoms. The molecule has 0 aromatic heterocycles. The molecule has 6 nitrogen and oxygen atoms in total. The third kappa shape index (κ3) is 46.7. The van der Waals surface area contributed by atoms with Crippen molar-refractivity contribution in [3.63, 3.8) is 0 Å². The smallest absolute Gasteiger partial charge is 0.306 e. The van der Waals surface area contributed by atoms with E-state index in [9.17, 15) is 14.4 Å². The topological polar surface area (TPSA) is 78.9 Å². The fraction of sp³-hybridized carbons (Fsp3) is 0.582. The summed E-state index contributed by atoms with van der Waals surface area (Å²) in [5.74, 6) is -1.05. The van der Waals surface area contributed by atoms with Gasteiger partial charge in [-0.1, -0.05) is 194 Å². The van der Waals surface area contributed by atoms with Crippen LogP contribution < -0.4 is 0 Å². The lowest BCUT2D eigenvalue weighted by molar-refractivity contribution is -0.166. The summed E-state index contributed by atoms with van der Waals surface area (Å²) in [5, 5.41) is 0. The van der Waals surface area contributed by atoms with Crippen LogP contribution in [0, 0.1) is 0 Å². The van der Waals surface area contributed by atoms with E-state index in [2.05, 4.69) is 106 Å². The standard InChI is InChI=1S/C55H86O6/c1-4-7-10-13-16-19-22-25-27-29-30-33-36-39-42-45-48-54(57)60-51-52(50-59-53(56)47-44-41-38-35-32-24-21-18-15-12-9-6-3)61-55(58)49-46-43-40-37-34-31-28-26-23-20-17-14-11-8-5-2/h7-8,10-11,14,16-21,23,25-28,30,33,39,42,52H,4-6,9,12-13,15,22,24,29,31-32,34-38,40-41,43-51H2,1-3H3/b10-7-,11-8-,17-14-,19-16-,21-18-,23-20-,27-25-,28-26-,33-30-,42-39-. The van der Waals surface area contributed by atoms with E-state index in [1.165, 1.54) is 32.1 Å². The van der Waals surface area contributed by atoms with E-state index >= 15 is 0 Å². The van der Waals surface area contributed by atoms with Crippen LogP contribution in [0.3, 0.4) is 0 Å². The van der Waals surface area contributed by atoms with Crippen LogP contribution in [-0.2, 0) is 28.6 Å². The van der Waals surface area contributed by atoms with E-state index in [-0.39, 0.29) is 44.0 Å². The second kappa shape index (κ2) is 48.5.